The predicted molar refractivity (Wildman–Crippen MR) is 162 cm³/mol. The first-order valence-corrected chi connectivity index (χ1v) is 15.2. The van der Waals surface area contributed by atoms with Crippen LogP contribution < -0.4 is 9.62 Å². The molecule has 10 heteroatoms. The number of hydrogen-bond acceptors (Lipinski definition) is 4. The molecule has 1 atom stereocenters. The van der Waals surface area contributed by atoms with E-state index in [0.717, 1.165) is 27.6 Å². The summed E-state index contributed by atoms with van der Waals surface area (Å²) in [7, 11) is -4.30. The number of benzene rings is 4. The van der Waals surface area contributed by atoms with Crippen molar-refractivity contribution in [3.8, 4) is 0 Å². The second kappa shape index (κ2) is 14.1. The number of carbonyl (C=O) groups excluding carboxylic acids is 2. The lowest BCUT2D eigenvalue weighted by atomic mass is 10.0. The smallest absolute Gasteiger partial charge is 0.264 e. The second-order valence-corrected chi connectivity index (χ2v) is 11.8. The highest BCUT2D eigenvalue weighted by molar-refractivity contribution is 7.92. The van der Waals surface area contributed by atoms with Gasteiger partial charge in [0.1, 0.15) is 18.4 Å². The van der Waals surface area contributed by atoms with Gasteiger partial charge in [-0.1, -0.05) is 90.5 Å². The number of hydrogen-bond donors (Lipinski definition) is 1. The molecular formula is C32H31ClFN3O4S. The lowest BCUT2D eigenvalue weighted by Gasteiger charge is -2.33. The Balaban J connectivity index is 1.79. The molecule has 0 unspecified atom stereocenters. The summed E-state index contributed by atoms with van der Waals surface area (Å²) in [5, 5.41) is 2.53. The molecule has 0 bridgehead atoms. The van der Waals surface area contributed by atoms with Gasteiger partial charge in [-0.3, -0.25) is 13.9 Å². The van der Waals surface area contributed by atoms with E-state index in [1.165, 1.54) is 23.1 Å². The van der Waals surface area contributed by atoms with Gasteiger partial charge in [-0.2, -0.15) is 0 Å². The van der Waals surface area contributed by atoms with Crippen LogP contribution in [0.15, 0.2) is 114 Å². The van der Waals surface area contributed by atoms with E-state index < -0.39 is 34.3 Å². The minimum atomic E-state index is -4.30. The van der Waals surface area contributed by atoms with E-state index in [1.54, 1.807) is 25.1 Å². The summed E-state index contributed by atoms with van der Waals surface area (Å²) in [5.41, 5.74) is 1.60. The largest absolute Gasteiger partial charge is 0.355 e. The maximum atomic E-state index is 14.2. The molecule has 218 valence electrons. The van der Waals surface area contributed by atoms with Gasteiger partial charge in [-0.15, -0.1) is 0 Å². The van der Waals surface area contributed by atoms with Gasteiger partial charge in [0, 0.05) is 19.5 Å². The van der Waals surface area contributed by atoms with Crippen LogP contribution in [0.25, 0.3) is 0 Å². The van der Waals surface area contributed by atoms with Crippen LogP contribution in [0.1, 0.15) is 18.1 Å². The van der Waals surface area contributed by atoms with Crippen molar-refractivity contribution in [3.63, 3.8) is 0 Å². The van der Waals surface area contributed by atoms with Crippen LogP contribution in [0.2, 0.25) is 5.02 Å². The van der Waals surface area contributed by atoms with Gasteiger partial charge >= 0.3 is 0 Å². The average Bonchev–Trinajstić information content (AvgIpc) is 3.00. The monoisotopic (exact) mass is 607 g/mol. The molecule has 0 fully saturated rings. The third-order valence-corrected chi connectivity index (χ3v) is 8.70. The molecule has 0 aromatic heterocycles. The molecule has 0 aliphatic rings. The molecule has 0 saturated carbocycles. The predicted octanol–water partition coefficient (Wildman–Crippen LogP) is 5.45. The summed E-state index contributed by atoms with van der Waals surface area (Å²) in [4.78, 5) is 29.0. The van der Waals surface area contributed by atoms with Gasteiger partial charge in [0.2, 0.25) is 11.8 Å². The fraction of sp³-hybridized carbons (Fsp3) is 0.188. The number of nitrogens with zero attached hydrogens (tertiary/aromatic N) is 2. The normalized spacial score (nSPS) is 11.9. The van der Waals surface area contributed by atoms with E-state index in [4.69, 9.17) is 11.6 Å². The number of nitrogens with one attached hydrogen (secondary N) is 1. The SMILES string of the molecule is CCNC(=O)[C@@H](Cc1ccccc1)N(Cc1ccccc1)C(=O)CN(c1ccc(F)c(Cl)c1)S(=O)(=O)c1ccccc1. The molecule has 0 aliphatic carbocycles. The van der Waals surface area contributed by atoms with E-state index >= 15 is 0 Å². The molecule has 4 rings (SSSR count). The van der Waals surface area contributed by atoms with E-state index in [0.29, 0.717) is 6.54 Å². The lowest BCUT2D eigenvalue weighted by Crippen LogP contribution is -2.53. The van der Waals surface area contributed by atoms with Crippen molar-refractivity contribution in [1.82, 2.24) is 10.2 Å². The Hall–Kier alpha value is -4.21. The fourth-order valence-electron chi connectivity index (χ4n) is 4.51. The van der Waals surface area contributed by atoms with Crippen molar-refractivity contribution in [2.24, 2.45) is 0 Å². The molecule has 0 aliphatic heterocycles. The fourth-order valence-corrected chi connectivity index (χ4v) is 6.12. The second-order valence-electron chi connectivity index (χ2n) is 9.53. The summed E-state index contributed by atoms with van der Waals surface area (Å²) >= 11 is 6.03. The first-order chi connectivity index (χ1) is 20.2. The van der Waals surface area contributed by atoms with Gasteiger partial charge in [0.05, 0.1) is 15.6 Å². The zero-order valence-corrected chi connectivity index (χ0v) is 24.6. The molecule has 4 aromatic carbocycles. The van der Waals surface area contributed by atoms with Crippen LogP contribution in [-0.2, 0) is 32.6 Å². The van der Waals surface area contributed by atoms with Gasteiger partial charge in [0.15, 0.2) is 0 Å². The maximum absolute atomic E-state index is 14.2. The van der Waals surface area contributed by atoms with Crippen LogP contribution in [0.3, 0.4) is 0 Å². The van der Waals surface area contributed by atoms with Crippen molar-refractivity contribution >= 4 is 39.1 Å². The van der Waals surface area contributed by atoms with Crippen molar-refractivity contribution in [2.75, 3.05) is 17.4 Å². The van der Waals surface area contributed by atoms with Crippen LogP contribution in [0.4, 0.5) is 10.1 Å². The average molecular weight is 608 g/mol. The molecule has 2 amide bonds. The Morgan fingerprint density at radius 3 is 2.00 bits per heavy atom. The Morgan fingerprint density at radius 2 is 1.43 bits per heavy atom. The molecule has 0 spiro atoms. The van der Waals surface area contributed by atoms with Gasteiger partial charge in [0.25, 0.3) is 10.0 Å². The molecule has 1 N–H and O–H groups in total. The number of likely N-dealkylation sites (N-methyl/N-ethyl adjacent to an activating group) is 1. The lowest BCUT2D eigenvalue weighted by molar-refractivity contribution is -0.140. The minimum Gasteiger partial charge on any atom is -0.355 e. The molecule has 4 aromatic rings. The van der Waals surface area contributed by atoms with E-state index in [2.05, 4.69) is 5.32 Å². The van der Waals surface area contributed by atoms with Gasteiger partial charge < -0.3 is 10.2 Å². The van der Waals surface area contributed by atoms with E-state index in [1.807, 2.05) is 60.7 Å². The van der Waals surface area contributed by atoms with Crippen molar-refractivity contribution in [3.05, 3.63) is 131 Å². The number of amides is 2. The molecule has 42 heavy (non-hydrogen) atoms. The Labute approximate surface area is 250 Å². The Bertz CT molecular complexity index is 1610. The van der Waals surface area contributed by atoms with Gasteiger partial charge in [-0.05, 0) is 48.4 Å². The van der Waals surface area contributed by atoms with Crippen molar-refractivity contribution < 1.29 is 22.4 Å². The summed E-state index contributed by atoms with van der Waals surface area (Å²) < 4.78 is 42.7. The molecule has 0 radical (unpaired) electrons. The third kappa shape index (κ3) is 7.54. The van der Waals surface area contributed by atoms with Crippen LogP contribution in [-0.4, -0.2) is 44.3 Å². The van der Waals surface area contributed by atoms with E-state index in [-0.39, 0.29) is 34.5 Å². The van der Waals surface area contributed by atoms with E-state index in [9.17, 15) is 22.4 Å². The standard InChI is InChI=1S/C32H31ClFN3O4S/c1-2-35-32(39)30(20-24-12-6-3-7-13-24)36(22-25-14-8-4-9-15-25)31(38)23-37(26-18-19-29(34)28(33)21-26)42(40,41)27-16-10-5-11-17-27/h3-19,21,30H,2,20,22-23H2,1H3,(H,35,39)/t30-/m1/s1. The summed E-state index contributed by atoms with van der Waals surface area (Å²) in [6.07, 6.45) is 0.207. The van der Waals surface area contributed by atoms with Crippen LogP contribution >= 0.6 is 11.6 Å². The highest BCUT2D eigenvalue weighted by atomic mass is 35.5. The number of halogens is 2. The molecular weight excluding hydrogens is 577 g/mol. The zero-order chi connectivity index (χ0) is 30.1. The zero-order valence-electron chi connectivity index (χ0n) is 23.0. The minimum absolute atomic E-state index is 0.0101. The number of sulfonamides is 1. The van der Waals surface area contributed by atoms with Crippen molar-refractivity contribution in [2.45, 2.75) is 30.8 Å². The Morgan fingerprint density at radius 1 is 0.857 bits per heavy atom. The highest BCUT2D eigenvalue weighted by Crippen LogP contribution is 2.28. The highest BCUT2D eigenvalue weighted by Gasteiger charge is 2.34. The molecule has 7 nitrogen and oxygen atoms in total. The van der Waals surface area contributed by atoms with Gasteiger partial charge in [-0.25, -0.2) is 12.8 Å². The topological polar surface area (TPSA) is 86.8 Å². The summed E-state index contributed by atoms with van der Waals surface area (Å²) in [6.45, 7) is 1.53. The first kappa shape index (κ1) is 30.7. The number of anilines is 1. The number of rotatable bonds is 12. The molecule has 0 saturated heterocycles. The van der Waals surface area contributed by atoms with Crippen LogP contribution in [0, 0.1) is 5.82 Å². The first-order valence-electron chi connectivity index (χ1n) is 13.4. The quantitative estimate of drug-likeness (QED) is 0.232. The third-order valence-electron chi connectivity index (χ3n) is 6.62. The number of carbonyl (C=O) groups is 2. The van der Waals surface area contributed by atoms with Crippen LogP contribution in [0.5, 0.6) is 0 Å². The Kier molecular flexibility index (Phi) is 10.3. The maximum Gasteiger partial charge on any atom is 0.264 e. The summed E-state index contributed by atoms with van der Waals surface area (Å²) in [5.74, 6) is -1.72. The molecule has 0 heterocycles. The summed E-state index contributed by atoms with van der Waals surface area (Å²) in [6, 6.07) is 28.6. The van der Waals surface area contributed by atoms with Crippen molar-refractivity contribution in [1.29, 1.82) is 0 Å².